The van der Waals surface area contributed by atoms with E-state index in [1.54, 1.807) is 0 Å². The topological polar surface area (TPSA) is 24.4 Å². The van der Waals surface area contributed by atoms with Crippen molar-refractivity contribution >= 4 is 21.8 Å². The van der Waals surface area contributed by atoms with Crippen LogP contribution in [-0.2, 0) is 0 Å². The van der Waals surface area contributed by atoms with Crippen LogP contribution >= 0.6 is 15.9 Å². The van der Waals surface area contributed by atoms with Crippen LogP contribution in [0, 0.1) is 0 Å². The van der Waals surface area contributed by atoms with E-state index in [1.807, 2.05) is 0 Å². The number of nitrogens with zero attached hydrogens (tertiary/aromatic N) is 1. The third kappa shape index (κ3) is 0.985. The summed E-state index contributed by atoms with van der Waals surface area (Å²) in [7, 11) is 0. The summed E-state index contributed by atoms with van der Waals surface area (Å²) in [5.41, 5.74) is 1.38. The molecule has 0 bridgehead atoms. The zero-order valence-corrected chi connectivity index (χ0v) is 7.19. The van der Waals surface area contributed by atoms with Crippen LogP contribution in [0.1, 0.15) is 6.42 Å². The van der Waals surface area contributed by atoms with Gasteiger partial charge in [0.2, 0.25) is 0 Å². The van der Waals surface area contributed by atoms with Crippen LogP contribution in [-0.4, -0.2) is 23.8 Å². The fourth-order valence-electron chi connectivity index (χ4n) is 1.32. The van der Waals surface area contributed by atoms with Gasteiger partial charge >= 0.3 is 0 Å². The van der Waals surface area contributed by atoms with Gasteiger partial charge in [0, 0.05) is 6.54 Å². The number of rotatable bonds is 0. The first-order valence-corrected chi connectivity index (χ1v) is 4.41. The number of amidine groups is 1. The summed E-state index contributed by atoms with van der Waals surface area (Å²) in [6.07, 6.45) is 3.39. The van der Waals surface area contributed by atoms with E-state index in [4.69, 9.17) is 0 Å². The van der Waals surface area contributed by atoms with Gasteiger partial charge in [0.05, 0.1) is 11.4 Å². The maximum Gasteiger partial charge on any atom is 0.123 e. The maximum atomic E-state index is 4.36. The molecule has 1 fully saturated rings. The third-order valence-corrected chi connectivity index (χ3v) is 2.35. The Labute approximate surface area is 68.5 Å². The highest BCUT2D eigenvalue weighted by molar-refractivity contribution is 9.09. The Morgan fingerprint density at radius 3 is 3.50 bits per heavy atom. The van der Waals surface area contributed by atoms with Crippen molar-refractivity contribution in [2.45, 2.75) is 11.2 Å². The normalized spacial score (nSPS) is 30.3. The van der Waals surface area contributed by atoms with Crippen LogP contribution in [0.25, 0.3) is 0 Å². The van der Waals surface area contributed by atoms with E-state index in [2.05, 4.69) is 32.3 Å². The van der Waals surface area contributed by atoms with E-state index in [0.29, 0.717) is 4.83 Å². The summed E-state index contributed by atoms with van der Waals surface area (Å²) in [5, 5.41) is 3.24. The molecule has 0 aromatic rings. The molecule has 2 aliphatic heterocycles. The number of nitrogens with one attached hydrogen (secondary N) is 1. The number of dihydropyridines is 1. The molecule has 0 aromatic heterocycles. The molecule has 10 heavy (non-hydrogen) atoms. The van der Waals surface area contributed by atoms with Crippen LogP contribution in [0.5, 0.6) is 0 Å². The Kier molecular flexibility index (Phi) is 1.52. The Morgan fingerprint density at radius 2 is 2.60 bits per heavy atom. The van der Waals surface area contributed by atoms with Gasteiger partial charge in [0.25, 0.3) is 0 Å². The SMILES string of the molecule is BrC1C=C2CCNC2=NC1. The second kappa shape index (κ2) is 2.38. The first-order chi connectivity index (χ1) is 4.86. The van der Waals surface area contributed by atoms with Crippen molar-refractivity contribution in [3.63, 3.8) is 0 Å². The van der Waals surface area contributed by atoms with Gasteiger partial charge in [-0.05, 0) is 12.0 Å². The lowest BCUT2D eigenvalue weighted by atomic mass is 10.1. The summed E-state index contributed by atoms with van der Waals surface area (Å²) in [6, 6.07) is 0. The van der Waals surface area contributed by atoms with Crippen LogP contribution in [0.15, 0.2) is 16.6 Å². The van der Waals surface area contributed by atoms with Gasteiger partial charge in [-0.15, -0.1) is 0 Å². The third-order valence-electron chi connectivity index (χ3n) is 1.80. The van der Waals surface area contributed by atoms with Crippen molar-refractivity contribution in [1.82, 2.24) is 5.32 Å². The van der Waals surface area contributed by atoms with Gasteiger partial charge in [-0.2, -0.15) is 0 Å². The molecule has 0 spiro atoms. The molecule has 1 unspecified atom stereocenters. The zero-order valence-electron chi connectivity index (χ0n) is 5.60. The smallest absolute Gasteiger partial charge is 0.123 e. The summed E-state index contributed by atoms with van der Waals surface area (Å²) in [6.45, 7) is 1.94. The molecule has 1 saturated heterocycles. The predicted octanol–water partition coefficient (Wildman–Crippen LogP) is 1.08. The molecular weight excluding hydrogens is 192 g/mol. The second-order valence-corrected chi connectivity index (χ2v) is 3.75. The van der Waals surface area contributed by atoms with Gasteiger partial charge in [-0.1, -0.05) is 22.0 Å². The summed E-state index contributed by atoms with van der Waals surface area (Å²) < 4.78 is 0. The molecule has 0 saturated carbocycles. The molecule has 0 aromatic carbocycles. The van der Waals surface area contributed by atoms with E-state index in [0.717, 1.165) is 25.3 Å². The Bertz CT molecular complexity index is 208. The minimum absolute atomic E-state index is 0.464. The minimum atomic E-state index is 0.464. The minimum Gasteiger partial charge on any atom is -0.370 e. The van der Waals surface area contributed by atoms with Crippen LogP contribution in [0.3, 0.4) is 0 Å². The van der Waals surface area contributed by atoms with Crippen LogP contribution < -0.4 is 5.32 Å². The molecule has 0 radical (unpaired) electrons. The molecule has 0 aliphatic carbocycles. The van der Waals surface area contributed by atoms with E-state index < -0.39 is 0 Å². The summed E-state index contributed by atoms with van der Waals surface area (Å²) in [5.74, 6) is 1.12. The molecular formula is C7H9BrN2. The van der Waals surface area contributed by atoms with E-state index in [-0.39, 0.29) is 0 Å². The highest BCUT2D eigenvalue weighted by Gasteiger charge is 2.18. The Hall–Kier alpha value is -0.310. The molecule has 54 valence electrons. The molecule has 3 heteroatoms. The second-order valence-electron chi connectivity index (χ2n) is 2.57. The number of hydrogen-bond donors (Lipinski definition) is 1. The zero-order chi connectivity index (χ0) is 6.97. The van der Waals surface area contributed by atoms with Crippen LogP contribution in [0.4, 0.5) is 0 Å². The summed E-state index contributed by atoms with van der Waals surface area (Å²) in [4.78, 5) is 4.83. The highest BCUT2D eigenvalue weighted by atomic mass is 79.9. The van der Waals surface area contributed by atoms with E-state index in [1.165, 1.54) is 5.57 Å². The van der Waals surface area contributed by atoms with Crippen molar-refractivity contribution < 1.29 is 0 Å². The largest absolute Gasteiger partial charge is 0.370 e. The quantitative estimate of drug-likeness (QED) is 0.582. The van der Waals surface area contributed by atoms with E-state index >= 15 is 0 Å². The molecule has 1 N–H and O–H groups in total. The van der Waals surface area contributed by atoms with Crippen molar-refractivity contribution in [3.05, 3.63) is 11.6 Å². The first kappa shape index (κ1) is 6.40. The fourth-order valence-corrected chi connectivity index (χ4v) is 1.78. The fraction of sp³-hybridized carbons (Fsp3) is 0.571. The molecule has 2 aliphatic rings. The highest BCUT2D eigenvalue weighted by Crippen LogP contribution is 2.18. The summed E-state index contributed by atoms with van der Waals surface area (Å²) >= 11 is 3.51. The van der Waals surface area contributed by atoms with Gasteiger partial charge < -0.3 is 5.32 Å². The monoisotopic (exact) mass is 200 g/mol. The number of fused-ring (bicyclic) bond motifs is 1. The van der Waals surface area contributed by atoms with Crippen molar-refractivity contribution in [3.8, 4) is 0 Å². The number of aliphatic imine (C=N–C) groups is 1. The van der Waals surface area contributed by atoms with Gasteiger partial charge in [-0.3, -0.25) is 4.99 Å². The lowest BCUT2D eigenvalue weighted by Gasteiger charge is -2.10. The Morgan fingerprint density at radius 1 is 1.70 bits per heavy atom. The lowest BCUT2D eigenvalue weighted by Crippen LogP contribution is -2.20. The number of hydrogen-bond acceptors (Lipinski definition) is 2. The van der Waals surface area contributed by atoms with Crippen LogP contribution in [0.2, 0.25) is 0 Å². The number of halogens is 1. The molecule has 0 amide bonds. The van der Waals surface area contributed by atoms with Crippen molar-refractivity contribution in [1.29, 1.82) is 0 Å². The van der Waals surface area contributed by atoms with Gasteiger partial charge in [0.15, 0.2) is 0 Å². The maximum absolute atomic E-state index is 4.36. The van der Waals surface area contributed by atoms with Crippen molar-refractivity contribution in [2.75, 3.05) is 13.1 Å². The predicted molar refractivity (Wildman–Crippen MR) is 45.7 cm³/mol. The average molecular weight is 201 g/mol. The standard InChI is InChI=1S/C7H9BrN2/c8-6-3-5-1-2-9-7(5)10-4-6/h3,6H,1-2,4H2,(H,9,10). The first-order valence-electron chi connectivity index (χ1n) is 3.50. The lowest BCUT2D eigenvalue weighted by molar-refractivity contribution is 0.953. The average Bonchev–Trinajstić information content (AvgIpc) is 2.33. The van der Waals surface area contributed by atoms with E-state index in [9.17, 15) is 0 Å². The molecule has 2 rings (SSSR count). The number of alkyl halides is 1. The Balaban J connectivity index is 2.27. The molecule has 2 nitrogen and oxygen atoms in total. The molecule has 2 heterocycles. The van der Waals surface area contributed by atoms with Gasteiger partial charge in [-0.25, -0.2) is 0 Å². The van der Waals surface area contributed by atoms with Crippen molar-refractivity contribution in [2.24, 2.45) is 4.99 Å². The van der Waals surface area contributed by atoms with Gasteiger partial charge in [0.1, 0.15) is 5.84 Å². The molecule has 1 atom stereocenters.